The van der Waals surface area contributed by atoms with E-state index in [4.69, 9.17) is 16.0 Å². The number of aryl methyl sites for hydroxylation is 1. The van der Waals surface area contributed by atoms with E-state index in [1.807, 2.05) is 25.1 Å². The monoisotopic (exact) mass is 368 g/mol. The molecule has 3 aromatic rings. The Bertz CT molecular complexity index is 809. The third kappa shape index (κ3) is 2.43. The zero-order valence-corrected chi connectivity index (χ0v) is 13.7. The van der Waals surface area contributed by atoms with E-state index in [9.17, 15) is 4.21 Å². The van der Waals surface area contributed by atoms with Crippen molar-refractivity contribution in [3.8, 4) is 0 Å². The van der Waals surface area contributed by atoms with E-state index in [-0.39, 0.29) is 0 Å². The van der Waals surface area contributed by atoms with Gasteiger partial charge in [0, 0.05) is 19.8 Å². The molecule has 0 unspecified atom stereocenters. The van der Waals surface area contributed by atoms with E-state index >= 15 is 0 Å². The molecule has 0 saturated heterocycles. The highest BCUT2D eigenvalue weighted by molar-refractivity contribution is 9.10. The molecule has 1 aromatic heterocycles. The fourth-order valence-electron chi connectivity index (χ4n) is 2.08. The Morgan fingerprint density at radius 1 is 1.15 bits per heavy atom. The molecule has 102 valence electrons. The molecule has 0 saturated carbocycles. The molecule has 1 heterocycles. The van der Waals surface area contributed by atoms with Crippen LogP contribution < -0.4 is 0 Å². The summed E-state index contributed by atoms with van der Waals surface area (Å²) in [5.41, 5.74) is 0.739. The van der Waals surface area contributed by atoms with Crippen molar-refractivity contribution in [3.63, 3.8) is 0 Å². The van der Waals surface area contributed by atoms with E-state index in [0.717, 1.165) is 15.4 Å². The molecular formula is C15H10BrClO2S. The van der Waals surface area contributed by atoms with Crippen molar-refractivity contribution >= 4 is 49.3 Å². The maximum atomic E-state index is 12.8. The molecule has 0 aliphatic rings. The highest BCUT2D eigenvalue weighted by Crippen LogP contribution is 2.33. The molecule has 0 amide bonds. The molecule has 0 radical (unpaired) electrons. The summed E-state index contributed by atoms with van der Waals surface area (Å²) in [6, 6.07) is 12.7. The number of furan rings is 1. The molecule has 2 aromatic carbocycles. The minimum atomic E-state index is -1.29. The van der Waals surface area contributed by atoms with Gasteiger partial charge in [-0.15, -0.1) is 0 Å². The minimum absolute atomic E-state index is 0.627. The van der Waals surface area contributed by atoms with Crippen molar-refractivity contribution in [1.82, 2.24) is 0 Å². The summed E-state index contributed by atoms with van der Waals surface area (Å²) in [5, 5.41) is 1.49. The maximum absolute atomic E-state index is 12.8. The second kappa shape index (κ2) is 5.35. The number of fused-ring (bicyclic) bond motifs is 1. The fourth-order valence-corrected chi connectivity index (χ4v) is 3.84. The molecule has 20 heavy (non-hydrogen) atoms. The molecule has 0 spiro atoms. The van der Waals surface area contributed by atoms with E-state index in [0.29, 0.717) is 20.6 Å². The standard InChI is InChI=1S/C15H10BrClO2S/c1-9-15(13-8-10(16)2-7-14(13)19-9)20(18)12-5-3-11(17)4-6-12/h2-8H,1H3/t20-/m1/s1. The van der Waals surface area contributed by atoms with Crippen LogP contribution in [0.3, 0.4) is 0 Å². The predicted molar refractivity (Wildman–Crippen MR) is 84.8 cm³/mol. The highest BCUT2D eigenvalue weighted by Gasteiger charge is 2.18. The van der Waals surface area contributed by atoms with Crippen molar-refractivity contribution < 1.29 is 8.63 Å². The van der Waals surface area contributed by atoms with Crippen LogP contribution in [0.1, 0.15) is 5.76 Å². The quantitative estimate of drug-likeness (QED) is 0.611. The molecule has 0 fully saturated rings. The molecule has 0 bridgehead atoms. The first-order chi connectivity index (χ1) is 9.56. The van der Waals surface area contributed by atoms with Gasteiger partial charge in [-0.05, 0) is 49.4 Å². The van der Waals surface area contributed by atoms with Gasteiger partial charge in [0.2, 0.25) is 0 Å². The first-order valence-electron chi connectivity index (χ1n) is 5.92. The molecule has 0 aliphatic heterocycles. The van der Waals surface area contributed by atoms with Crippen molar-refractivity contribution in [1.29, 1.82) is 0 Å². The molecule has 2 nitrogen and oxygen atoms in total. The van der Waals surface area contributed by atoms with Crippen LogP contribution in [0.4, 0.5) is 0 Å². The number of hydrogen-bond donors (Lipinski definition) is 0. The van der Waals surface area contributed by atoms with Crippen LogP contribution in [0.5, 0.6) is 0 Å². The van der Waals surface area contributed by atoms with E-state index < -0.39 is 10.8 Å². The van der Waals surface area contributed by atoms with Crippen LogP contribution in [0, 0.1) is 6.92 Å². The third-order valence-electron chi connectivity index (χ3n) is 2.98. The van der Waals surface area contributed by atoms with Gasteiger partial charge in [0.25, 0.3) is 0 Å². The number of hydrogen-bond acceptors (Lipinski definition) is 2. The summed E-state index contributed by atoms with van der Waals surface area (Å²) < 4.78 is 19.4. The van der Waals surface area contributed by atoms with Gasteiger partial charge in [0.05, 0.1) is 15.7 Å². The Balaban J connectivity index is 2.18. The van der Waals surface area contributed by atoms with Gasteiger partial charge in [0.15, 0.2) is 0 Å². The van der Waals surface area contributed by atoms with Crippen LogP contribution in [0.25, 0.3) is 11.0 Å². The van der Waals surface area contributed by atoms with Gasteiger partial charge >= 0.3 is 0 Å². The van der Waals surface area contributed by atoms with Crippen LogP contribution in [0.2, 0.25) is 5.02 Å². The summed E-state index contributed by atoms with van der Waals surface area (Å²) in [6.07, 6.45) is 0. The second-order valence-electron chi connectivity index (χ2n) is 4.35. The Hall–Kier alpha value is -1.10. The van der Waals surface area contributed by atoms with Gasteiger partial charge < -0.3 is 4.42 Å². The Morgan fingerprint density at radius 2 is 1.85 bits per heavy atom. The van der Waals surface area contributed by atoms with E-state index in [1.54, 1.807) is 24.3 Å². The summed E-state index contributed by atoms with van der Waals surface area (Å²) in [4.78, 5) is 1.42. The lowest BCUT2D eigenvalue weighted by molar-refractivity contribution is 0.566. The van der Waals surface area contributed by atoms with Gasteiger partial charge in [-0.25, -0.2) is 4.21 Å². The molecular weight excluding hydrogens is 360 g/mol. The summed E-state index contributed by atoms with van der Waals surface area (Å²) in [5.74, 6) is 0.673. The fraction of sp³-hybridized carbons (Fsp3) is 0.0667. The van der Waals surface area contributed by atoms with Crippen molar-refractivity contribution in [2.24, 2.45) is 0 Å². The zero-order chi connectivity index (χ0) is 14.3. The topological polar surface area (TPSA) is 30.2 Å². The predicted octanol–water partition coefficient (Wildman–Crippen LogP) is 5.32. The van der Waals surface area contributed by atoms with E-state index in [2.05, 4.69) is 15.9 Å². The van der Waals surface area contributed by atoms with Gasteiger partial charge in [-0.3, -0.25) is 0 Å². The molecule has 3 rings (SSSR count). The Labute approximate surface area is 132 Å². The lowest BCUT2D eigenvalue weighted by Crippen LogP contribution is -1.93. The van der Waals surface area contributed by atoms with Crippen molar-refractivity contribution in [3.05, 3.63) is 57.7 Å². The molecule has 0 N–H and O–H groups in total. The van der Waals surface area contributed by atoms with Gasteiger partial charge in [0.1, 0.15) is 11.3 Å². The smallest absolute Gasteiger partial charge is 0.135 e. The summed E-state index contributed by atoms with van der Waals surface area (Å²) in [6.45, 7) is 1.83. The SMILES string of the molecule is Cc1oc2ccc(Br)cc2c1[S@](=O)c1ccc(Cl)cc1. The zero-order valence-electron chi connectivity index (χ0n) is 10.5. The van der Waals surface area contributed by atoms with E-state index in [1.165, 1.54) is 0 Å². The first-order valence-corrected chi connectivity index (χ1v) is 8.24. The maximum Gasteiger partial charge on any atom is 0.135 e. The lowest BCUT2D eigenvalue weighted by atomic mass is 10.2. The van der Waals surface area contributed by atoms with Crippen LogP contribution in [-0.2, 0) is 10.8 Å². The molecule has 5 heteroatoms. The number of halogens is 2. The highest BCUT2D eigenvalue weighted by atomic mass is 79.9. The normalized spacial score (nSPS) is 12.8. The Kier molecular flexibility index (Phi) is 3.71. The largest absolute Gasteiger partial charge is 0.460 e. The Morgan fingerprint density at radius 3 is 2.55 bits per heavy atom. The summed E-state index contributed by atoms with van der Waals surface area (Å²) >= 11 is 9.30. The summed E-state index contributed by atoms with van der Waals surface area (Å²) in [7, 11) is -1.29. The van der Waals surface area contributed by atoms with Gasteiger partial charge in [-0.1, -0.05) is 27.5 Å². The first kappa shape index (κ1) is 13.9. The number of rotatable bonds is 2. The lowest BCUT2D eigenvalue weighted by Gasteiger charge is -2.02. The third-order valence-corrected chi connectivity index (χ3v) is 5.31. The second-order valence-corrected chi connectivity index (χ2v) is 7.12. The average molecular weight is 370 g/mol. The van der Waals surface area contributed by atoms with Crippen molar-refractivity contribution in [2.45, 2.75) is 16.7 Å². The minimum Gasteiger partial charge on any atom is -0.460 e. The van der Waals surface area contributed by atoms with Crippen LogP contribution in [-0.4, -0.2) is 4.21 Å². The van der Waals surface area contributed by atoms with Gasteiger partial charge in [-0.2, -0.15) is 0 Å². The van der Waals surface area contributed by atoms with Crippen LogP contribution >= 0.6 is 27.5 Å². The van der Waals surface area contributed by atoms with Crippen molar-refractivity contribution in [2.75, 3.05) is 0 Å². The van der Waals surface area contributed by atoms with Crippen LogP contribution in [0.15, 0.2) is 61.1 Å². The molecule has 1 atom stereocenters. The number of benzene rings is 2. The molecule has 0 aliphatic carbocycles. The average Bonchev–Trinajstić information content (AvgIpc) is 2.74.